The molecule has 0 spiro atoms. The molecule has 1 aliphatic rings. The van der Waals surface area contributed by atoms with Crippen LogP contribution >= 0.6 is 0 Å². The van der Waals surface area contributed by atoms with Gasteiger partial charge in [-0.1, -0.05) is 42.5 Å². The summed E-state index contributed by atoms with van der Waals surface area (Å²) < 4.78 is 3.03. The number of rotatable bonds is 6. The molecule has 31 heavy (non-hydrogen) atoms. The molecule has 0 radical (unpaired) electrons. The molecule has 1 N–H and O–H groups in total. The maximum Gasteiger partial charge on any atom is 0.350 e. The third kappa shape index (κ3) is 4.32. The lowest BCUT2D eigenvalue weighted by molar-refractivity contribution is -0.144. The zero-order valence-corrected chi connectivity index (χ0v) is 17.9. The lowest BCUT2D eigenvalue weighted by Crippen LogP contribution is -2.39. The summed E-state index contributed by atoms with van der Waals surface area (Å²) in [5, 5.41) is 14.0. The van der Waals surface area contributed by atoms with Gasteiger partial charge in [0.05, 0.1) is 11.7 Å². The molecule has 2 aromatic carbocycles. The predicted molar refractivity (Wildman–Crippen MR) is 119 cm³/mol. The Bertz CT molecular complexity index is 1080. The minimum Gasteiger partial charge on any atom is -0.480 e. The number of aliphatic carboxylic acids is 1. The summed E-state index contributed by atoms with van der Waals surface area (Å²) in [6.07, 6.45) is 3.37. The average Bonchev–Trinajstić information content (AvgIpc) is 3.17. The molecule has 162 valence electrons. The highest BCUT2D eigenvalue weighted by molar-refractivity contribution is 5.75. The normalized spacial score (nSPS) is 16.5. The number of piperidine rings is 1. The molecule has 4 rings (SSSR count). The van der Waals surface area contributed by atoms with E-state index in [2.05, 4.69) is 22.1 Å². The molecule has 3 aromatic rings. The van der Waals surface area contributed by atoms with Crippen LogP contribution < -0.4 is 5.69 Å². The van der Waals surface area contributed by atoms with Crippen LogP contribution in [0.2, 0.25) is 0 Å². The highest BCUT2D eigenvalue weighted by Gasteiger charge is 2.31. The van der Waals surface area contributed by atoms with Crippen molar-refractivity contribution in [3.63, 3.8) is 0 Å². The number of carbonyl (C=O) groups is 1. The summed E-state index contributed by atoms with van der Waals surface area (Å²) in [5.41, 5.74) is 2.70. The van der Waals surface area contributed by atoms with Crippen LogP contribution in [-0.4, -0.2) is 43.4 Å². The minimum atomic E-state index is -0.804. The smallest absolute Gasteiger partial charge is 0.350 e. The standard InChI is InChI=1S/C24H28N4O3/c1-17(2)28-24(31)27(16-25-28)21-10-8-18(9-11-21)19-12-14-26(15-13-19)22(23(29)30)20-6-4-3-5-7-20/h3-11,16-17,19,22H,12-15H2,1-2H3,(H,29,30). The van der Waals surface area contributed by atoms with Crippen molar-refractivity contribution in [1.29, 1.82) is 0 Å². The van der Waals surface area contributed by atoms with E-state index < -0.39 is 12.0 Å². The third-order valence-electron chi connectivity index (χ3n) is 6.07. The Morgan fingerprint density at radius 3 is 2.23 bits per heavy atom. The van der Waals surface area contributed by atoms with Gasteiger partial charge in [-0.15, -0.1) is 0 Å². The zero-order chi connectivity index (χ0) is 22.0. The summed E-state index contributed by atoms with van der Waals surface area (Å²) in [4.78, 5) is 26.5. The van der Waals surface area contributed by atoms with Crippen molar-refractivity contribution in [2.75, 3.05) is 13.1 Å². The molecule has 1 atom stereocenters. The van der Waals surface area contributed by atoms with E-state index in [9.17, 15) is 14.7 Å². The summed E-state index contributed by atoms with van der Waals surface area (Å²) >= 11 is 0. The quantitative estimate of drug-likeness (QED) is 0.659. The van der Waals surface area contributed by atoms with Crippen molar-refractivity contribution < 1.29 is 9.90 Å². The fraction of sp³-hybridized carbons (Fsp3) is 0.375. The van der Waals surface area contributed by atoms with Gasteiger partial charge in [-0.3, -0.25) is 9.69 Å². The molecule has 0 saturated carbocycles. The fourth-order valence-corrected chi connectivity index (χ4v) is 4.39. The first-order valence-corrected chi connectivity index (χ1v) is 10.7. The van der Waals surface area contributed by atoms with Gasteiger partial charge in [-0.25, -0.2) is 14.0 Å². The molecule has 1 unspecified atom stereocenters. The van der Waals surface area contributed by atoms with Gasteiger partial charge in [-0.05, 0) is 69.0 Å². The largest absolute Gasteiger partial charge is 0.480 e. The molecule has 7 heteroatoms. The van der Waals surface area contributed by atoms with E-state index in [1.54, 1.807) is 10.9 Å². The summed E-state index contributed by atoms with van der Waals surface area (Å²) in [6.45, 7) is 5.33. The predicted octanol–water partition coefficient (Wildman–Crippen LogP) is 3.62. The molecule has 0 bridgehead atoms. The maximum atomic E-state index is 12.5. The van der Waals surface area contributed by atoms with Gasteiger partial charge in [0.1, 0.15) is 12.4 Å². The molecule has 7 nitrogen and oxygen atoms in total. The Kier molecular flexibility index (Phi) is 6.04. The van der Waals surface area contributed by atoms with Crippen LogP contribution in [0.1, 0.15) is 55.8 Å². The number of aromatic nitrogens is 3. The van der Waals surface area contributed by atoms with Crippen molar-refractivity contribution in [3.8, 4) is 5.69 Å². The lowest BCUT2D eigenvalue weighted by atomic mass is 9.88. The molecule has 2 heterocycles. The molecule has 1 saturated heterocycles. The molecule has 0 aliphatic carbocycles. The second-order valence-electron chi connectivity index (χ2n) is 8.38. The number of likely N-dealkylation sites (tertiary alicyclic amines) is 1. The minimum absolute atomic E-state index is 0.0173. The number of hydrogen-bond acceptors (Lipinski definition) is 4. The van der Waals surface area contributed by atoms with E-state index in [0.29, 0.717) is 5.92 Å². The van der Waals surface area contributed by atoms with Crippen LogP contribution in [0, 0.1) is 0 Å². The Hall–Kier alpha value is -3.19. The molecular weight excluding hydrogens is 392 g/mol. The van der Waals surface area contributed by atoms with Crippen LogP contribution in [0.3, 0.4) is 0 Å². The van der Waals surface area contributed by atoms with Gasteiger partial charge >= 0.3 is 11.7 Å². The maximum absolute atomic E-state index is 12.5. The molecule has 0 amide bonds. The number of carboxylic acid groups (broad SMARTS) is 1. The van der Waals surface area contributed by atoms with Gasteiger partial charge in [0.15, 0.2) is 0 Å². The van der Waals surface area contributed by atoms with Gasteiger partial charge in [0.2, 0.25) is 0 Å². The summed E-state index contributed by atoms with van der Waals surface area (Å²) in [7, 11) is 0. The summed E-state index contributed by atoms with van der Waals surface area (Å²) in [6, 6.07) is 16.9. The summed E-state index contributed by atoms with van der Waals surface area (Å²) in [5.74, 6) is -0.424. The van der Waals surface area contributed by atoms with E-state index in [1.165, 1.54) is 10.2 Å². The Balaban J connectivity index is 1.44. The van der Waals surface area contributed by atoms with Crippen molar-refractivity contribution >= 4 is 5.97 Å². The topological polar surface area (TPSA) is 80.4 Å². The van der Waals surface area contributed by atoms with Gasteiger partial charge in [0.25, 0.3) is 0 Å². The van der Waals surface area contributed by atoms with Gasteiger partial charge < -0.3 is 5.11 Å². The second-order valence-corrected chi connectivity index (χ2v) is 8.38. The second kappa shape index (κ2) is 8.89. The van der Waals surface area contributed by atoms with Crippen molar-refractivity contribution in [2.24, 2.45) is 0 Å². The van der Waals surface area contributed by atoms with Crippen LogP contribution in [-0.2, 0) is 4.79 Å². The average molecular weight is 421 g/mol. The van der Waals surface area contributed by atoms with E-state index in [4.69, 9.17) is 0 Å². The van der Waals surface area contributed by atoms with E-state index in [1.807, 2.05) is 56.3 Å². The zero-order valence-electron chi connectivity index (χ0n) is 17.9. The molecular formula is C24H28N4O3. The number of carboxylic acids is 1. The number of benzene rings is 2. The highest BCUT2D eigenvalue weighted by atomic mass is 16.4. The first-order valence-electron chi connectivity index (χ1n) is 10.7. The van der Waals surface area contributed by atoms with Crippen LogP contribution in [0.25, 0.3) is 5.69 Å². The molecule has 1 aromatic heterocycles. The lowest BCUT2D eigenvalue weighted by Gasteiger charge is -2.36. The SMILES string of the molecule is CC(C)n1ncn(-c2ccc(C3CCN(C(C(=O)O)c4ccccc4)CC3)cc2)c1=O. The van der Waals surface area contributed by atoms with E-state index in [-0.39, 0.29) is 11.7 Å². The van der Waals surface area contributed by atoms with Crippen LogP contribution in [0.4, 0.5) is 0 Å². The Morgan fingerprint density at radius 2 is 1.68 bits per heavy atom. The Labute approximate surface area is 181 Å². The third-order valence-corrected chi connectivity index (χ3v) is 6.07. The number of hydrogen-bond donors (Lipinski definition) is 1. The van der Waals surface area contributed by atoms with Crippen LogP contribution in [0.5, 0.6) is 0 Å². The van der Waals surface area contributed by atoms with Gasteiger partial charge in [0, 0.05) is 0 Å². The van der Waals surface area contributed by atoms with Crippen molar-refractivity contribution in [2.45, 2.75) is 44.7 Å². The monoisotopic (exact) mass is 420 g/mol. The van der Waals surface area contributed by atoms with E-state index >= 15 is 0 Å². The highest BCUT2D eigenvalue weighted by Crippen LogP contribution is 2.32. The molecule has 1 fully saturated rings. The first kappa shape index (κ1) is 21.1. The van der Waals surface area contributed by atoms with Crippen molar-refractivity contribution in [1.82, 2.24) is 19.2 Å². The van der Waals surface area contributed by atoms with Gasteiger partial charge in [-0.2, -0.15) is 5.10 Å². The fourth-order valence-electron chi connectivity index (χ4n) is 4.39. The Morgan fingerprint density at radius 1 is 1.03 bits per heavy atom. The number of nitrogens with zero attached hydrogens (tertiary/aromatic N) is 4. The van der Waals surface area contributed by atoms with E-state index in [0.717, 1.165) is 37.2 Å². The van der Waals surface area contributed by atoms with Crippen LogP contribution in [0.15, 0.2) is 65.7 Å². The molecule has 1 aliphatic heterocycles. The van der Waals surface area contributed by atoms with Crippen molar-refractivity contribution in [3.05, 3.63) is 82.5 Å². The first-order chi connectivity index (χ1) is 15.0.